The largest absolute Gasteiger partial charge is 0.459 e. The van der Waals surface area contributed by atoms with Crippen molar-refractivity contribution in [3.05, 3.63) is 88.0 Å². The Morgan fingerprint density at radius 2 is 1.77 bits per heavy atom. The molecule has 1 saturated heterocycles. The number of ether oxygens (including phenoxy) is 1. The van der Waals surface area contributed by atoms with Crippen molar-refractivity contribution in [1.82, 2.24) is 4.90 Å². The summed E-state index contributed by atoms with van der Waals surface area (Å²) in [7, 11) is 0. The molecule has 2 heterocycles. The maximum absolute atomic E-state index is 13.0. The van der Waals surface area contributed by atoms with E-state index in [4.69, 9.17) is 4.74 Å². The number of fused-ring (bicyclic) bond motifs is 1. The van der Waals surface area contributed by atoms with E-state index in [1.54, 1.807) is 4.90 Å². The maximum Gasteiger partial charge on any atom is 0.338 e. The average Bonchev–Trinajstić information content (AvgIpc) is 3.02. The van der Waals surface area contributed by atoms with E-state index in [1.165, 1.54) is 11.8 Å². The lowest BCUT2D eigenvalue weighted by Crippen LogP contribution is -2.42. The number of thioether (sulfide) groups is 1. The fourth-order valence-electron chi connectivity index (χ4n) is 3.64. The van der Waals surface area contributed by atoms with Crippen LogP contribution in [0, 0.1) is 0 Å². The number of aliphatic hydroxyl groups is 1. The van der Waals surface area contributed by atoms with Crippen molar-refractivity contribution in [3.63, 3.8) is 0 Å². The van der Waals surface area contributed by atoms with Crippen LogP contribution in [-0.4, -0.2) is 33.5 Å². The van der Waals surface area contributed by atoms with E-state index in [1.807, 2.05) is 87.5 Å². The van der Waals surface area contributed by atoms with Gasteiger partial charge >= 0.3 is 5.97 Å². The van der Waals surface area contributed by atoms with Gasteiger partial charge < -0.3 is 14.7 Å². The number of nitrogens with zero attached hydrogens (tertiary/aromatic N) is 2. The smallest absolute Gasteiger partial charge is 0.338 e. The molecule has 2 aliphatic heterocycles. The van der Waals surface area contributed by atoms with E-state index >= 15 is 0 Å². The molecule has 2 aromatic carbocycles. The fourth-order valence-corrected chi connectivity index (χ4v) is 4.76. The topological polar surface area (TPSA) is 62.1 Å². The molecule has 0 amide bonds. The summed E-state index contributed by atoms with van der Waals surface area (Å²) >= 11 is 1.43. The molecule has 0 aromatic heterocycles. The summed E-state index contributed by atoms with van der Waals surface area (Å²) in [5.74, 6) is -0.406. The number of aliphatic imine (C=N–C) groups is 1. The van der Waals surface area contributed by atoms with Crippen molar-refractivity contribution < 1.29 is 14.6 Å². The number of allylic oxidation sites excluding steroid dienone is 1. The number of rotatable bonds is 4. The van der Waals surface area contributed by atoms with Crippen molar-refractivity contribution >= 4 is 29.0 Å². The van der Waals surface area contributed by atoms with Gasteiger partial charge in [-0.1, -0.05) is 72.4 Å². The predicted octanol–water partition coefficient (Wildman–Crippen LogP) is 4.73. The first-order chi connectivity index (χ1) is 14.5. The summed E-state index contributed by atoms with van der Waals surface area (Å²) in [6, 6.07) is 19.1. The van der Waals surface area contributed by atoms with Crippen molar-refractivity contribution in [2.24, 2.45) is 4.99 Å². The second-order valence-electron chi connectivity index (χ2n) is 7.50. The first-order valence-corrected chi connectivity index (χ1v) is 10.7. The summed E-state index contributed by atoms with van der Waals surface area (Å²) in [5, 5.41) is 11.9. The molecular formula is C24H24N2O3S. The van der Waals surface area contributed by atoms with Gasteiger partial charge in [0.2, 0.25) is 0 Å². The first-order valence-electron chi connectivity index (χ1n) is 9.92. The molecule has 1 fully saturated rings. The molecule has 2 unspecified atom stereocenters. The first kappa shape index (κ1) is 20.4. The number of carbonyl (C=O) groups excluding carboxylic acids is 1. The van der Waals surface area contributed by atoms with E-state index in [-0.39, 0.29) is 6.10 Å². The van der Waals surface area contributed by atoms with Crippen LogP contribution < -0.4 is 0 Å². The molecule has 154 valence electrons. The number of hydrogen-bond donors (Lipinski definition) is 1. The van der Waals surface area contributed by atoms with Gasteiger partial charge in [-0.2, -0.15) is 0 Å². The molecule has 5 nitrogen and oxygen atoms in total. The van der Waals surface area contributed by atoms with Crippen LogP contribution in [0.5, 0.6) is 0 Å². The van der Waals surface area contributed by atoms with Crippen molar-refractivity contribution in [3.8, 4) is 0 Å². The average molecular weight is 421 g/mol. The minimum atomic E-state index is -0.908. The third-order valence-electron chi connectivity index (χ3n) is 4.94. The molecule has 2 aromatic rings. The Morgan fingerprint density at radius 3 is 2.40 bits per heavy atom. The van der Waals surface area contributed by atoms with Gasteiger partial charge in [-0.05, 0) is 38.0 Å². The highest BCUT2D eigenvalue weighted by molar-refractivity contribution is 8.17. The molecule has 2 atom stereocenters. The molecule has 4 rings (SSSR count). The number of aliphatic hydroxyl groups excluding tert-OH is 1. The number of hydrogen-bond acceptors (Lipinski definition) is 6. The molecule has 0 bridgehead atoms. The Morgan fingerprint density at radius 1 is 1.13 bits per heavy atom. The van der Waals surface area contributed by atoms with Crippen LogP contribution in [0.3, 0.4) is 0 Å². The van der Waals surface area contributed by atoms with Gasteiger partial charge in [0.25, 0.3) is 0 Å². The minimum absolute atomic E-state index is 0.244. The summed E-state index contributed by atoms with van der Waals surface area (Å²) < 4.78 is 5.52. The second kappa shape index (κ2) is 8.50. The maximum atomic E-state index is 13.0. The molecular weight excluding hydrogens is 396 g/mol. The molecule has 0 aliphatic carbocycles. The zero-order valence-corrected chi connectivity index (χ0v) is 18.0. The zero-order chi connectivity index (χ0) is 21.3. The second-order valence-corrected chi connectivity index (χ2v) is 8.54. The Balaban J connectivity index is 1.78. The van der Waals surface area contributed by atoms with Gasteiger partial charge in [-0.15, -0.1) is 0 Å². The van der Waals surface area contributed by atoms with Gasteiger partial charge in [-0.3, -0.25) is 0 Å². The Bertz CT molecular complexity index is 1030. The van der Waals surface area contributed by atoms with Gasteiger partial charge in [0.05, 0.1) is 23.4 Å². The van der Waals surface area contributed by atoms with Crippen molar-refractivity contribution in [2.45, 2.75) is 39.1 Å². The number of esters is 1. The normalized spacial score (nSPS) is 22.4. The quantitative estimate of drug-likeness (QED) is 0.725. The summed E-state index contributed by atoms with van der Waals surface area (Å²) in [6.07, 6.45) is 0.805. The Labute approximate surface area is 180 Å². The number of benzene rings is 2. The lowest BCUT2D eigenvalue weighted by Gasteiger charge is -2.36. The van der Waals surface area contributed by atoms with E-state index in [0.717, 1.165) is 16.0 Å². The lowest BCUT2D eigenvalue weighted by atomic mass is 9.94. The van der Waals surface area contributed by atoms with Gasteiger partial charge in [0.15, 0.2) is 11.4 Å². The zero-order valence-electron chi connectivity index (χ0n) is 17.1. The van der Waals surface area contributed by atoms with Crippen molar-refractivity contribution in [2.75, 3.05) is 0 Å². The monoisotopic (exact) mass is 420 g/mol. The summed E-state index contributed by atoms with van der Waals surface area (Å²) in [5.41, 5.74) is 2.97. The molecule has 0 saturated carbocycles. The van der Waals surface area contributed by atoms with Gasteiger partial charge in [0.1, 0.15) is 0 Å². The van der Waals surface area contributed by atoms with Crippen LogP contribution in [0.2, 0.25) is 0 Å². The molecule has 0 spiro atoms. The highest BCUT2D eigenvalue weighted by atomic mass is 32.2. The minimum Gasteiger partial charge on any atom is -0.459 e. The lowest BCUT2D eigenvalue weighted by molar-refractivity contribution is -0.143. The number of amidine groups is 1. The third-order valence-corrected chi connectivity index (χ3v) is 5.99. The Kier molecular flexibility index (Phi) is 5.79. The Hall–Kier alpha value is -2.83. The summed E-state index contributed by atoms with van der Waals surface area (Å²) in [6.45, 7) is 5.47. The molecule has 2 aliphatic rings. The molecule has 30 heavy (non-hydrogen) atoms. The van der Waals surface area contributed by atoms with Crippen LogP contribution in [0.25, 0.3) is 6.08 Å². The highest BCUT2D eigenvalue weighted by Crippen LogP contribution is 2.47. The third kappa shape index (κ3) is 3.93. The van der Waals surface area contributed by atoms with Crippen LogP contribution >= 0.6 is 11.8 Å². The molecule has 1 N–H and O–H groups in total. The van der Waals surface area contributed by atoms with Crippen LogP contribution in [-0.2, 0) is 9.53 Å². The SMILES string of the molecule is CC1=C(C(=O)OC(C)C)C(c2ccccc2)N2C(=N1)S/C(=C/c1ccccc1)C2O. The van der Waals surface area contributed by atoms with Crippen LogP contribution in [0.1, 0.15) is 37.9 Å². The van der Waals surface area contributed by atoms with E-state index in [9.17, 15) is 9.90 Å². The molecule has 0 radical (unpaired) electrons. The van der Waals surface area contributed by atoms with E-state index < -0.39 is 18.2 Å². The standard InChI is InChI=1S/C24H24N2O3S/c1-15(2)29-23(28)20-16(3)25-24-26(21(20)18-12-8-5-9-13-18)22(27)19(30-24)14-17-10-6-4-7-11-17/h4-15,21-22,27H,1-3H3/b19-14+. The van der Waals surface area contributed by atoms with Gasteiger partial charge in [0, 0.05) is 4.91 Å². The number of carbonyl (C=O) groups is 1. The molecule has 6 heteroatoms. The van der Waals surface area contributed by atoms with E-state index in [0.29, 0.717) is 16.4 Å². The van der Waals surface area contributed by atoms with Crippen LogP contribution in [0.4, 0.5) is 0 Å². The van der Waals surface area contributed by atoms with Crippen LogP contribution in [0.15, 0.2) is 81.8 Å². The van der Waals surface area contributed by atoms with Crippen molar-refractivity contribution in [1.29, 1.82) is 0 Å². The van der Waals surface area contributed by atoms with E-state index in [2.05, 4.69) is 4.99 Å². The summed E-state index contributed by atoms with van der Waals surface area (Å²) in [4.78, 5) is 20.2. The predicted molar refractivity (Wildman–Crippen MR) is 120 cm³/mol. The highest BCUT2D eigenvalue weighted by Gasteiger charge is 2.45. The van der Waals surface area contributed by atoms with Gasteiger partial charge in [-0.25, -0.2) is 9.79 Å². The fraction of sp³-hybridized carbons (Fsp3) is 0.250.